The van der Waals surface area contributed by atoms with Gasteiger partial charge in [-0.3, -0.25) is 9.69 Å². The van der Waals surface area contributed by atoms with Crippen LogP contribution in [0.1, 0.15) is 51.4 Å². The summed E-state index contributed by atoms with van der Waals surface area (Å²) in [7, 11) is 0. The summed E-state index contributed by atoms with van der Waals surface area (Å²) in [4.78, 5) is 14.7. The Balaban J connectivity index is 0.00000242. The van der Waals surface area contributed by atoms with Crippen molar-refractivity contribution in [2.75, 3.05) is 26.2 Å². The average molecular weight is 366 g/mol. The molecule has 2 aliphatic rings. The third-order valence-electron chi connectivity index (χ3n) is 5.22. The van der Waals surface area contributed by atoms with Gasteiger partial charge in [-0.2, -0.15) is 0 Å². The summed E-state index contributed by atoms with van der Waals surface area (Å²) in [6.45, 7) is 7.50. The van der Waals surface area contributed by atoms with Gasteiger partial charge in [0.05, 0.1) is 0 Å². The molecule has 1 heterocycles. The summed E-state index contributed by atoms with van der Waals surface area (Å²) in [5, 5.41) is 3.24. The third-order valence-corrected chi connectivity index (χ3v) is 5.22. The third kappa shape index (κ3) is 7.00. The lowest BCUT2D eigenvalue weighted by Gasteiger charge is -2.37. The molecule has 2 fully saturated rings. The van der Waals surface area contributed by atoms with Crippen LogP contribution in [-0.2, 0) is 4.79 Å². The SMILES string of the molecule is C=CCN1CCC(NC(=O)CC2(CN)CCCCC2)CC1.Cl.Cl. The van der Waals surface area contributed by atoms with Crippen LogP contribution >= 0.6 is 24.8 Å². The van der Waals surface area contributed by atoms with E-state index in [1.54, 1.807) is 0 Å². The van der Waals surface area contributed by atoms with E-state index in [2.05, 4.69) is 16.8 Å². The number of carbonyl (C=O) groups is 1. The summed E-state index contributed by atoms with van der Waals surface area (Å²) in [6, 6.07) is 0.344. The van der Waals surface area contributed by atoms with Gasteiger partial charge in [0.1, 0.15) is 0 Å². The van der Waals surface area contributed by atoms with Gasteiger partial charge in [-0.25, -0.2) is 0 Å². The van der Waals surface area contributed by atoms with Crippen molar-refractivity contribution in [3.05, 3.63) is 12.7 Å². The highest BCUT2D eigenvalue weighted by Gasteiger charge is 2.33. The van der Waals surface area contributed by atoms with Crippen LogP contribution in [0.25, 0.3) is 0 Å². The monoisotopic (exact) mass is 365 g/mol. The number of nitrogens with one attached hydrogen (secondary N) is 1. The molecule has 2 rings (SSSR count). The van der Waals surface area contributed by atoms with E-state index in [1.807, 2.05) is 6.08 Å². The van der Waals surface area contributed by atoms with E-state index in [1.165, 1.54) is 19.3 Å². The Hall–Kier alpha value is -0.290. The molecule has 3 N–H and O–H groups in total. The fourth-order valence-corrected chi connectivity index (χ4v) is 3.82. The molecule has 0 aromatic carbocycles. The molecule has 0 aromatic rings. The Morgan fingerprint density at radius 1 is 1.22 bits per heavy atom. The highest BCUT2D eigenvalue weighted by Crippen LogP contribution is 2.38. The second-order valence-corrected chi connectivity index (χ2v) is 6.87. The normalized spacial score (nSPS) is 21.6. The van der Waals surface area contributed by atoms with Crippen LogP contribution in [0.15, 0.2) is 12.7 Å². The predicted molar refractivity (Wildman–Crippen MR) is 101 cm³/mol. The maximum absolute atomic E-state index is 12.4. The van der Waals surface area contributed by atoms with E-state index in [4.69, 9.17) is 5.73 Å². The summed E-state index contributed by atoms with van der Waals surface area (Å²) < 4.78 is 0. The van der Waals surface area contributed by atoms with E-state index in [-0.39, 0.29) is 36.1 Å². The summed E-state index contributed by atoms with van der Waals surface area (Å²) in [6.07, 6.45) is 10.7. The maximum Gasteiger partial charge on any atom is 0.220 e. The number of nitrogens with zero attached hydrogens (tertiary/aromatic N) is 1. The molecule has 6 heteroatoms. The van der Waals surface area contributed by atoms with Gasteiger partial charge < -0.3 is 11.1 Å². The molecule has 136 valence electrons. The van der Waals surface area contributed by atoms with Crippen LogP contribution in [0.5, 0.6) is 0 Å². The minimum absolute atomic E-state index is 0. The molecule has 0 spiro atoms. The van der Waals surface area contributed by atoms with Gasteiger partial charge in [-0.05, 0) is 37.6 Å². The van der Waals surface area contributed by atoms with E-state index in [0.29, 0.717) is 19.0 Å². The second kappa shape index (κ2) is 11.3. The van der Waals surface area contributed by atoms with Crippen molar-refractivity contribution in [1.29, 1.82) is 0 Å². The zero-order valence-corrected chi connectivity index (χ0v) is 15.7. The number of halogens is 2. The van der Waals surface area contributed by atoms with Crippen LogP contribution in [0.2, 0.25) is 0 Å². The minimum atomic E-state index is 0. The molecule has 0 bridgehead atoms. The fourth-order valence-electron chi connectivity index (χ4n) is 3.82. The van der Waals surface area contributed by atoms with Gasteiger partial charge in [-0.1, -0.05) is 25.3 Å². The van der Waals surface area contributed by atoms with Gasteiger partial charge >= 0.3 is 0 Å². The van der Waals surface area contributed by atoms with Crippen LogP contribution in [0.4, 0.5) is 0 Å². The molecule has 4 nitrogen and oxygen atoms in total. The topological polar surface area (TPSA) is 58.4 Å². The fraction of sp³-hybridized carbons (Fsp3) is 0.824. The van der Waals surface area contributed by atoms with Crippen molar-refractivity contribution in [2.24, 2.45) is 11.1 Å². The smallest absolute Gasteiger partial charge is 0.220 e. The first-order valence-corrected chi connectivity index (χ1v) is 8.50. The standard InChI is InChI=1S/C17H31N3O.2ClH/c1-2-10-20-11-6-15(7-12-20)19-16(21)13-17(14-18)8-4-3-5-9-17;;/h2,15H,1,3-14,18H2,(H,19,21);2*1H. The maximum atomic E-state index is 12.4. The van der Waals surface area contributed by atoms with Crippen molar-refractivity contribution in [3.8, 4) is 0 Å². The van der Waals surface area contributed by atoms with Crippen molar-refractivity contribution < 1.29 is 4.79 Å². The molecule has 0 aromatic heterocycles. The highest BCUT2D eigenvalue weighted by molar-refractivity contribution is 5.85. The quantitative estimate of drug-likeness (QED) is 0.711. The van der Waals surface area contributed by atoms with Gasteiger partial charge in [0.15, 0.2) is 0 Å². The van der Waals surface area contributed by atoms with E-state index < -0.39 is 0 Å². The first-order valence-electron chi connectivity index (χ1n) is 8.50. The largest absolute Gasteiger partial charge is 0.353 e. The number of nitrogens with two attached hydrogens (primary N) is 1. The highest BCUT2D eigenvalue weighted by atomic mass is 35.5. The van der Waals surface area contributed by atoms with E-state index in [9.17, 15) is 4.79 Å². The van der Waals surface area contributed by atoms with Gasteiger partial charge in [0.2, 0.25) is 5.91 Å². The molecule has 0 atom stereocenters. The molecule has 1 aliphatic heterocycles. The molecule has 1 saturated heterocycles. The number of amides is 1. The number of rotatable bonds is 6. The number of hydrogen-bond donors (Lipinski definition) is 2. The zero-order chi connectivity index (χ0) is 15.1. The Labute approximate surface area is 153 Å². The number of piperidine rings is 1. The van der Waals surface area contributed by atoms with Crippen molar-refractivity contribution in [2.45, 2.75) is 57.4 Å². The van der Waals surface area contributed by atoms with Crippen molar-refractivity contribution >= 4 is 30.7 Å². The molecule has 23 heavy (non-hydrogen) atoms. The number of likely N-dealkylation sites (tertiary alicyclic amines) is 1. The zero-order valence-electron chi connectivity index (χ0n) is 14.1. The van der Waals surface area contributed by atoms with Crippen LogP contribution < -0.4 is 11.1 Å². The summed E-state index contributed by atoms with van der Waals surface area (Å²) in [5.41, 5.74) is 6.05. The predicted octanol–water partition coefficient (Wildman–Crippen LogP) is 2.90. The van der Waals surface area contributed by atoms with E-state index in [0.717, 1.165) is 45.3 Å². The Bertz CT molecular complexity index is 352. The minimum Gasteiger partial charge on any atom is -0.353 e. The molecule has 1 saturated carbocycles. The molecular formula is C17H33Cl2N3O. The first kappa shape index (κ1) is 22.7. The van der Waals surface area contributed by atoms with Crippen molar-refractivity contribution in [1.82, 2.24) is 10.2 Å². The first-order chi connectivity index (χ1) is 10.2. The molecule has 0 radical (unpaired) electrons. The molecular weight excluding hydrogens is 333 g/mol. The Morgan fingerprint density at radius 2 is 1.83 bits per heavy atom. The molecule has 1 amide bonds. The number of carbonyl (C=O) groups excluding carboxylic acids is 1. The second-order valence-electron chi connectivity index (χ2n) is 6.87. The van der Waals surface area contributed by atoms with Crippen LogP contribution in [0.3, 0.4) is 0 Å². The summed E-state index contributed by atoms with van der Waals surface area (Å²) in [5.74, 6) is 0.213. The average Bonchev–Trinajstić information content (AvgIpc) is 2.50. The number of hydrogen-bond acceptors (Lipinski definition) is 3. The van der Waals surface area contributed by atoms with Gasteiger partial charge in [0.25, 0.3) is 0 Å². The lowest BCUT2D eigenvalue weighted by molar-refractivity contribution is -0.124. The van der Waals surface area contributed by atoms with Crippen LogP contribution in [-0.4, -0.2) is 43.0 Å². The lowest BCUT2D eigenvalue weighted by Crippen LogP contribution is -2.46. The lowest BCUT2D eigenvalue weighted by atomic mass is 9.71. The Morgan fingerprint density at radius 3 is 2.35 bits per heavy atom. The van der Waals surface area contributed by atoms with Crippen molar-refractivity contribution in [3.63, 3.8) is 0 Å². The summed E-state index contributed by atoms with van der Waals surface area (Å²) >= 11 is 0. The van der Waals surface area contributed by atoms with Gasteiger partial charge in [-0.15, -0.1) is 31.4 Å². The molecule has 0 unspecified atom stereocenters. The van der Waals surface area contributed by atoms with Crippen LogP contribution in [0, 0.1) is 5.41 Å². The molecule has 1 aliphatic carbocycles. The van der Waals surface area contributed by atoms with E-state index >= 15 is 0 Å². The van der Waals surface area contributed by atoms with Gasteiger partial charge in [0, 0.05) is 32.1 Å². The Kier molecular flexibility index (Phi) is 11.2.